The minimum atomic E-state index is -4.61. The maximum atomic E-state index is 11.4. The molecule has 3 aromatic rings. The van der Waals surface area contributed by atoms with Crippen LogP contribution >= 0.6 is 11.6 Å². The molecule has 0 saturated carbocycles. The van der Waals surface area contributed by atoms with Gasteiger partial charge in [0.1, 0.15) is 10.1 Å². The smallest absolute Gasteiger partial charge is 0.744 e. The van der Waals surface area contributed by atoms with Gasteiger partial charge in [-0.05, 0) is 22.2 Å². The summed E-state index contributed by atoms with van der Waals surface area (Å²) >= 11 is 5.86. The molecule has 0 fully saturated rings. The molecule has 0 spiro atoms. The van der Waals surface area contributed by atoms with Gasteiger partial charge in [-0.3, -0.25) is 0 Å². The number of hydrogen-bond acceptors (Lipinski definition) is 3. The molecule has 0 unspecified atom stereocenters. The van der Waals surface area contributed by atoms with Gasteiger partial charge in [-0.1, -0.05) is 54.1 Å². The van der Waals surface area contributed by atoms with E-state index in [4.69, 9.17) is 11.6 Å². The third-order valence-corrected chi connectivity index (χ3v) is 4.45. The summed E-state index contributed by atoms with van der Waals surface area (Å²) < 4.78 is 34.1. The molecule has 0 radical (unpaired) electrons. The zero-order valence-electron chi connectivity index (χ0n) is 10.6. The summed E-state index contributed by atoms with van der Waals surface area (Å²) in [5.74, 6) is 0. The van der Waals surface area contributed by atoms with Crippen LogP contribution in [0, 0.1) is 0 Å². The third kappa shape index (κ3) is 2.60. The molecule has 0 aliphatic carbocycles. The van der Waals surface area contributed by atoms with Crippen LogP contribution in [0.1, 0.15) is 0 Å². The van der Waals surface area contributed by atoms with Crippen LogP contribution in [0.5, 0.6) is 0 Å². The Balaban J connectivity index is 0.00000147. The third-order valence-electron chi connectivity index (χ3n) is 3.08. The van der Waals surface area contributed by atoms with Gasteiger partial charge in [0.15, 0.2) is 0 Å². The Morgan fingerprint density at radius 3 is 2.20 bits per heavy atom. The summed E-state index contributed by atoms with van der Waals surface area (Å²) in [6, 6.07) is 14.1. The summed E-state index contributed by atoms with van der Waals surface area (Å²) in [4.78, 5) is -0.350. The fourth-order valence-corrected chi connectivity index (χ4v) is 3.49. The zero-order valence-corrected chi connectivity index (χ0v) is 14.2. The second kappa shape index (κ2) is 5.64. The molecule has 3 nitrogen and oxygen atoms in total. The van der Waals surface area contributed by atoms with E-state index in [1.54, 1.807) is 18.2 Å². The SMILES string of the molecule is O=S(=O)([O-])c1c(Cl)ccc2c1ccc1ccccc12.[Na+]. The van der Waals surface area contributed by atoms with Crippen molar-refractivity contribution in [3.8, 4) is 0 Å². The van der Waals surface area contributed by atoms with Crippen molar-refractivity contribution >= 4 is 43.3 Å². The monoisotopic (exact) mass is 314 g/mol. The van der Waals surface area contributed by atoms with E-state index >= 15 is 0 Å². The van der Waals surface area contributed by atoms with Crippen LogP contribution in [-0.2, 0) is 10.1 Å². The first-order valence-corrected chi connectivity index (χ1v) is 7.33. The molecule has 96 valence electrons. The van der Waals surface area contributed by atoms with E-state index < -0.39 is 10.1 Å². The van der Waals surface area contributed by atoms with E-state index in [2.05, 4.69) is 0 Å². The molecule has 0 saturated heterocycles. The van der Waals surface area contributed by atoms with E-state index in [0.29, 0.717) is 10.8 Å². The standard InChI is InChI=1S/C14H9ClO3S.Na/c15-13-8-7-11-10-4-2-1-3-9(10)5-6-12(11)14(13)19(16,17)18;/h1-8H,(H,16,17,18);/q;+1/p-1. The maximum absolute atomic E-state index is 11.4. The van der Waals surface area contributed by atoms with Gasteiger partial charge in [0.05, 0.1) is 9.92 Å². The van der Waals surface area contributed by atoms with Crippen molar-refractivity contribution in [2.45, 2.75) is 4.90 Å². The van der Waals surface area contributed by atoms with Crippen LogP contribution in [0.3, 0.4) is 0 Å². The fraction of sp³-hybridized carbons (Fsp3) is 0. The average Bonchev–Trinajstić information content (AvgIpc) is 2.36. The Bertz CT molecular complexity index is 907. The van der Waals surface area contributed by atoms with E-state index in [-0.39, 0.29) is 39.5 Å². The van der Waals surface area contributed by atoms with E-state index in [0.717, 1.165) is 10.8 Å². The van der Waals surface area contributed by atoms with Crippen molar-refractivity contribution in [1.82, 2.24) is 0 Å². The van der Waals surface area contributed by atoms with Crippen LogP contribution < -0.4 is 29.6 Å². The summed E-state index contributed by atoms with van der Waals surface area (Å²) in [6.45, 7) is 0. The van der Waals surface area contributed by atoms with Gasteiger partial charge in [-0.2, -0.15) is 0 Å². The Kier molecular flexibility index (Phi) is 4.44. The molecule has 0 heterocycles. The van der Waals surface area contributed by atoms with Gasteiger partial charge >= 0.3 is 29.6 Å². The Morgan fingerprint density at radius 1 is 0.850 bits per heavy atom. The second-order valence-corrected chi connectivity index (χ2v) is 5.94. The molecule has 20 heavy (non-hydrogen) atoms. The first-order chi connectivity index (χ1) is 8.98. The molecule has 0 bridgehead atoms. The van der Waals surface area contributed by atoms with Gasteiger partial charge in [0.2, 0.25) is 0 Å². The van der Waals surface area contributed by atoms with Crippen molar-refractivity contribution in [2.75, 3.05) is 0 Å². The molecule has 0 N–H and O–H groups in total. The topological polar surface area (TPSA) is 57.2 Å². The van der Waals surface area contributed by atoms with Gasteiger partial charge in [-0.15, -0.1) is 0 Å². The molecule has 0 aromatic heterocycles. The van der Waals surface area contributed by atoms with Crippen molar-refractivity contribution in [2.24, 2.45) is 0 Å². The van der Waals surface area contributed by atoms with E-state index in [1.165, 1.54) is 6.07 Å². The Labute approximate surface area is 143 Å². The van der Waals surface area contributed by atoms with Crippen molar-refractivity contribution in [3.05, 3.63) is 53.6 Å². The van der Waals surface area contributed by atoms with Gasteiger partial charge in [0, 0.05) is 5.39 Å². The Hall–Kier alpha value is -0.620. The van der Waals surface area contributed by atoms with Gasteiger partial charge in [-0.25, -0.2) is 8.42 Å². The summed E-state index contributed by atoms with van der Waals surface area (Å²) in [5.41, 5.74) is 0. The predicted octanol–water partition coefficient (Wildman–Crippen LogP) is 0.555. The summed E-state index contributed by atoms with van der Waals surface area (Å²) in [6.07, 6.45) is 0. The summed E-state index contributed by atoms with van der Waals surface area (Å²) in [7, 11) is -4.61. The van der Waals surface area contributed by atoms with E-state index in [9.17, 15) is 13.0 Å². The van der Waals surface area contributed by atoms with Crippen molar-refractivity contribution < 1.29 is 42.5 Å². The molecule has 3 aromatic carbocycles. The predicted molar refractivity (Wildman–Crippen MR) is 74.4 cm³/mol. The number of hydrogen-bond donors (Lipinski definition) is 0. The largest absolute Gasteiger partial charge is 1.00 e. The van der Waals surface area contributed by atoms with E-state index in [1.807, 2.05) is 24.3 Å². The molecule has 0 aliphatic rings. The minimum absolute atomic E-state index is 0. The second-order valence-electron chi connectivity index (χ2n) is 4.21. The van der Waals surface area contributed by atoms with Crippen LogP contribution in [-0.4, -0.2) is 13.0 Å². The molecular formula is C14H8ClNaO3S. The molecule has 0 aliphatic heterocycles. The van der Waals surface area contributed by atoms with Crippen LogP contribution in [0.15, 0.2) is 53.4 Å². The first-order valence-electron chi connectivity index (χ1n) is 5.54. The average molecular weight is 315 g/mol. The van der Waals surface area contributed by atoms with Gasteiger partial charge < -0.3 is 4.55 Å². The molecule has 0 atom stereocenters. The minimum Gasteiger partial charge on any atom is -0.744 e. The first kappa shape index (κ1) is 15.8. The fourth-order valence-electron chi connectivity index (χ4n) is 2.29. The molecule has 6 heteroatoms. The normalized spacial score (nSPS) is 11.5. The Morgan fingerprint density at radius 2 is 1.50 bits per heavy atom. The van der Waals surface area contributed by atoms with Crippen LogP contribution in [0.25, 0.3) is 21.5 Å². The summed E-state index contributed by atoms with van der Waals surface area (Å²) in [5, 5.41) is 2.89. The van der Waals surface area contributed by atoms with Crippen LogP contribution in [0.2, 0.25) is 5.02 Å². The number of benzene rings is 3. The maximum Gasteiger partial charge on any atom is 1.00 e. The van der Waals surface area contributed by atoms with Crippen molar-refractivity contribution in [3.63, 3.8) is 0 Å². The van der Waals surface area contributed by atoms with Gasteiger partial charge in [0.25, 0.3) is 0 Å². The number of rotatable bonds is 1. The number of fused-ring (bicyclic) bond motifs is 3. The van der Waals surface area contributed by atoms with Crippen LogP contribution in [0.4, 0.5) is 0 Å². The quantitative estimate of drug-likeness (QED) is 0.374. The van der Waals surface area contributed by atoms with Crippen molar-refractivity contribution in [1.29, 1.82) is 0 Å². The number of halogens is 1. The molecular weight excluding hydrogens is 307 g/mol. The molecule has 3 rings (SSSR count). The zero-order chi connectivity index (χ0) is 13.6. The molecule has 0 amide bonds.